The zero-order valence-electron chi connectivity index (χ0n) is 14.0. The lowest BCUT2D eigenvalue weighted by Gasteiger charge is -2.27. The van der Waals surface area contributed by atoms with Gasteiger partial charge >= 0.3 is 0 Å². The molecule has 8 heteroatoms. The van der Waals surface area contributed by atoms with Crippen LogP contribution in [0.15, 0.2) is 41.2 Å². The molecule has 132 valence electrons. The smallest absolute Gasteiger partial charge is 0.267 e. The molecular weight excluding hydrogens is 340 g/mol. The Morgan fingerprint density at radius 2 is 2.00 bits per heavy atom. The molecule has 25 heavy (non-hydrogen) atoms. The molecule has 1 aromatic heterocycles. The van der Waals surface area contributed by atoms with Gasteiger partial charge in [0, 0.05) is 30.7 Å². The molecule has 1 aromatic carbocycles. The number of para-hydroxylation sites is 2. The van der Waals surface area contributed by atoms with Crippen molar-refractivity contribution in [3.05, 3.63) is 46.8 Å². The molecule has 3 rings (SSSR count). The Morgan fingerprint density at radius 1 is 1.24 bits per heavy atom. The van der Waals surface area contributed by atoms with Crippen LogP contribution in [0.3, 0.4) is 0 Å². The summed E-state index contributed by atoms with van der Waals surface area (Å²) in [5.74, 6) is 3.04. The van der Waals surface area contributed by atoms with Gasteiger partial charge in [0.1, 0.15) is 18.1 Å². The number of methoxy groups -OCH3 is 1. The number of hydrogen-bond acceptors (Lipinski definition) is 6. The predicted molar refractivity (Wildman–Crippen MR) is 99.7 cm³/mol. The number of benzene rings is 1. The van der Waals surface area contributed by atoms with Gasteiger partial charge in [0.2, 0.25) is 5.91 Å². The van der Waals surface area contributed by atoms with Gasteiger partial charge in [-0.1, -0.05) is 12.1 Å². The van der Waals surface area contributed by atoms with Crippen molar-refractivity contribution >= 4 is 29.2 Å². The van der Waals surface area contributed by atoms with Crippen molar-refractivity contribution in [1.82, 2.24) is 9.78 Å². The lowest BCUT2D eigenvalue weighted by Crippen LogP contribution is -2.36. The van der Waals surface area contributed by atoms with Crippen molar-refractivity contribution in [1.29, 1.82) is 0 Å². The summed E-state index contributed by atoms with van der Waals surface area (Å²) in [6.07, 6.45) is 0. The van der Waals surface area contributed by atoms with Crippen LogP contribution in [0.5, 0.6) is 5.75 Å². The average Bonchev–Trinajstić information content (AvgIpc) is 2.64. The van der Waals surface area contributed by atoms with Crippen LogP contribution in [0.1, 0.15) is 0 Å². The molecule has 0 aliphatic carbocycles. The van der Waals surface area contributed by atoms with Gasteiger partial charge in [-0.15, -0.1) is 0 Å². The highest BCUT2D eigenvalue weighted by molar-refractivity contribution is 7.99. The molecule has 0 unspecified atom stereocenters. The molecule has 1 aliphatic rings. The van der Waals surface area contributed by atoms with Gasteiger partial charge in [0.25, 0.3) is 5.56 Å². The van der Waals surface area contributed by atoms with Gasteiger partial charge < -0.3 is 15.0 Å². The first kappa shape index (κ1) is 17.3. The van der Waals surface area contributed by atoms with E-state index in [1.807, 2.05) is 17.8 Å². The van der Waals surface area contributed by atoms with E-state index in [0.717, 1.165) is 30.4 Å². The Hall–Kier alpha value is -2.48. The Balaban J connectivity index is 1.73. The maximum Gasteiger partial charge on any atom is 0.267 e. The van der Waals surface area contributed by atoms with Gasteiger partial charge in [-0.05, 0) is 18.2 Å². The van der Waals surface area contributed by atoms with Crippen LogP contribution < -0.4 is 20.5 Å². The number of ether oxygens (including phenoxy) is 1. The molecular formula is C17H20N4O3S. The lowest BCUT2D eigenvalue weighted by molar-refractivity contribution is -0.117. The minimum atomic E-state index is -0.328. The van der Waals surface area contributed by atoms with Crippen molar-refractivity contribution < 1.29 is 9.53 Å². The third-order valence-electron chi connectivity index (χ3n) is 3.86. The molecule has 0 atom stereocenters. The molecule has 0 spiro atoms. The fourth-order valence-corrected chi connectivity index (χ4v) is 3.49. The minimum Gasteiger partial charge on any atom is -0.495 e. The fraction of sp³-hybridized carbons (Fsp3) is 0.353. The number of nitrogens with one attached hydrogen (secondary N) is 1. The first-order valence-electron chi connectivity index (χ1n) is 8.01. The maximum atomic E-state index is 12.3. The molecule has 2 heterocycles. The van der Waals surface area contributed by atoms with Gasteiger partial charge in [0.05, 0.1) is 12.8 Å². The summed E-state index contributed by atoms with van der Waals surface area (Å²) in [6.45, 7) is 1.64. The third kappa shape index (κ3) is 4.33. The highest BCUT2D eigenvalue weighted by Crippen LogP contribution is 2.22. The number of nitrogens with zero attached hydrogens (tertiary/aromatic N) is 3. The molecule has 2 aromatic rings. The first-order chi connectivity index (χ1) is 12.2. The van der Waals surface area contributed by atoms with Crippen molar-refractivity contribution in [2.24, 2.45) is 0 Å². The lowest BCUT2D eigenvalue weighted by atomic mass is 10.3. The van der Waals surface area contributed by atoms with Crippen LogP contribution in [0.25, 0.3) is 0 Å². The second-order valence-electron chi connectivity index (χ2n) is 5.54. The normalized spacial score (nSPS) is 14.2. The van der Waals surface area contributed by atoms with Crippen molar-refractivity contribution in [3.63, 3.8) is 0 Å². The highest BCUT2D eigenvalue weighted by atomic mass is 32.2. The molecule has 0 saturated carbocycles. The quantitative estimate of drug-likeness (QED) is 0.870. The summed E-state index contributed by atoms with van der Waals surface area (Å²) in [6, 6.07) is 10.3. The number of aromatic nitrogens is 2. The SMILES string of the molecule is COc1ccccc1NC(=O)Cn1nc(N2CCSCC2)ccc1=O. The van der Waals surface area contributed by atoms with E-state index in [4.69, 9.17) is 4.74 Å². The van der Waals surface area contributed by atoms with E-state index in [9.17, 15) is 9.59 Å². The number of anilines is 2. The third-order valence-corrected chi connectivity index (χ3v) is 4.80. The highest BCUT2D eigenvalue weighted by Gasteiger charge is 2.15. The number of hydrogen-bond donors (Lipinski definition) is 1. The molecule has 0 radical (unpaired) electrons. The van der Waals surface area contributed by atoms with Crippen LogP contribution in [0.2, 0.25) is 0 Å². The molecule has 1 fully saturated rings. The second kappa shape index (κ2) is 8.06. The fourth-order valence-electron chi connectivity index (χ4n) is 2.59. The van der Waals surface area contributed by atoms with Crippen molar-refractivity contribution in [3.8, 4) is 5.75 Å². The van der Waals surface area contributed by atoms with Crippen molar-refractivity contribution in [2.75, 3.05) is 41.9 Å². The Bertz CT molecular complexity index is 802. The number of carbonyl (C=O) groups excluding carboxylic acids is 1. The zero-order chi connectivity index (χ0) is 17.6. The minimum absolute atomic E-state index is 0.146. The zero-order valence-corrected chi connectivity index (χ0v) is 14.8. The Labute approximate surface area is 150 Å². The average molecular weight is 360 g/mol. The topological polar surface area (TPSA) is 76.5 Å². The summed E-state index contributed by atoms with van der Waals surface area (Å²) in [5, 5.41) is 7.10. The second-order valence-corrected chi connectivity index (χ2v) is 6.76. The number of thioether (sulfide) groups is 1. The predicted octanol–water partition coefficient (Wildman–Crippen LogP) is 1.44. The standard InChI is InChI=1S/C17H20N4O3S/c1-24-14-5-3-2-4-13(14)18-16(22)12-21-17(23)7-6-15(19-21)20-8-10-25-11-9-20/h2-7H,8-12H2,1H3,(H,18,22). The van der Waals surface area contributed by atoms with E-state index in [1.54, 1.807) is 24.3 Å². The Kier molecular flexibility index (Phi) is 5.60. The van der Waals surface area contributed by atoms with E-state index in [1.165, 1.54) is 17.9 Å². The van der Waals surface area contributed by atoms with Gasteiger partial charge in [0.15, 0.2) is 0 Å². The van der Waals surface area contributed by atoms with E-state index < -0.39 is 0 Å². The number of rotatable bonds is 5. The van der Waals surface area contributed by atoms with Gasteiger partial charge in [-0.2, -0.15) is 16.9 Å². The van der Waals surface area contributed by atoms with Crippen LogP contribution >= 0.6 is 11.8 Å². The Morgan fingerprint density at radius 3 is 2.76 bits per heavy atom. The van der Waals surface area contributed by atoms with Crippen LogP contribution in [0, 0.1) is 0 Å². The van der Waals surface area contributed by atoms with Gasteiger partial charge in [-0.25, -0.2) is 4.68 Å². The van der Waals surface area contributed by atoms with E-state index >= 15 is 0 Å². The molecule has 1 amide bonds. The largest absolute Gasteiger partial charge is 0.495 e. The van der Waals surface area contributed by atoms with Crippen LogP contribution in [-0.4, -0.2) is 47.4 Å². The van der Waals surface area contributed by atoms with E-state index in [2.05, 4.69) is 15.3 Å². The molecule has 7 nitrogen and oxygen atoms in total. The summed E-state index contributed by atoms with van der Waals surface area (Å²) in [7, 11) is 1.54. The van der Waals surface area contributed by atoms with E-state index in [-0.39, 0.29) is 18.0 Å². The van der Waals surface area contributed by atoms with Crippen LogP contribution in [0.4, 0.5) is 11.5 Å². The number of amides is 1. The molecule has 1 saturated heterocycles. The monoisotopic (exact) mass is 360 g/mol. The summed E-state index contributed by atoms with van der Waals surface area (Å²) in [5.41, 5.74) is 0.262. The van der Waals surface area contributed by atoms with Crippen molar-refractivity contribution in [2.45, 2.75) is 6.54 Å². The summed E-state index contributed by atoms with van der Waals surface area (Å²) in [4.78, 5) is 26.5. The molecule has 0 bridgehead atoms. The maximum absolute atomic E-state index is 12.3. The molecule has 1 N–H and O–H groups in total. The first-order valence-corrected chi connectivity index (χ1v) is 9.16. The molecule has 1 aliphatic heterocycles. The summed E-state index contributed by atoms with van der Waals surface area (Å²) >= 11 is 1.90. The number of carbonyl (C=O) groups is 1. The van der Waals surface area contributed by atoms with Gasteiger partial charge in [-0.3, -0.25) is 9.59 Å². The van der Waals surface area contributed by atoms with Crippen LogP contribution in [-0.2, 0) is 11.3 Å². The summed E-state index contributed by atoms with van der Waals surface area (Å²) < 4.78 is 6.41. The van der Waals surface area contributed by atoms with E-state index in [0.29, 0.717) is 11.4 Å².